The van der Waals surface area contributed by atoms with Crippen LogP contribution in [-0.2, 0) is 6.54 Å². The summed E-state index contributed by atoms with van der Waals surface area (Å²) in [4.78, 5) is 14.8. The molecule has 1 amide bonds. The van der Waals surface area contributed by atoms with E-state index in [0.717, 1.165) is 11.3 Å². The predicted molar refractivity (Wildman–Crippen MR) is 80.6 cm³/mol. The zero-order valence-corrected chi connectivity index (χ0v) is 12.2. The molecule has 0 radical (unpaired) electrons. The molecule has 2 rings (SSSR count). The molecule has 1 aromatic carbocycles. The third-order valence-electron chi connectivity index (χ3n) is 2.81. The molecule has 0 bridgehead atoms. The smallest absolute Gasteiger partial charge is 0.264 e. The summed E-state index contributed by atoms with van der Waals surface area (Å²) < 4.78 is 0.631. The van der Waals surface area contributed by atoms with Gasteiger partial charge >= 0.3 is 0 Å². The minimum Gasteiger partial charge on any atom is -0.399 e. The highest BCUT2D eigenvalue weighted by Crippen LogP contribution is 2.23. The molecule has 0 unspecified atom stereocenters. The minimum absolute atomic E-state index is 0.0104. The lowest BCUT2D eigenvalue weighted by molar-refractivity contribution is 0.0757. The number of hydrogen-bond donors (Lipinski definition) is 1. The second kappa shape index (κ2) is 6.08. The van der Waals surface area contributed by atoms with Gasteiger partial charge in [-0.15, -0.1) is 11.3 Å². The number of thiophene rings is 1. The largest absolute Gasteiger partial charge is 0.399 e. The van der Waals surface area contributed by atoms with Crippen LogP contribution in [0.15, 0.2) is 36.4 Å². The van der Waals surface area contributed by atoms with Crippen LogP contribution in [0, 0.1) is 0 Å². The Kier molecular flexibility index (Phi) is 4.45. The molecular weight excluding hydrogens is 280 g/mol. The number of amides is 1. The van der Waals surface area contributed by atoms with E-state index in [4.69, 9.17) is 17.3 Å². The second-order valence-electron chi connectivity index (χ2n) is 4.16. The highest BCUT2D eigenvalue weighted by Gasteiger charge is 2.16. The molecule has 0 fully saturated rings. The van der Waals surface area contributed by atoms with E-state index >= 15 is 0 Å². The van der Waals surface area contributed by atoms with Crippen LogP contribution in [0.2, 0.25) is 4.34 Å². The van der Waals surface area contributed by atoms with Gasteiger partial charge in [-0.05, 0) is 36.8 Å². The number of benzene rings is 1. The van der Waals surface area contributed by atoms with E-state index in [1.807, 2.05) is 31.2 Å². The number of carbonyl (C=O) groups excluding carboxylic acids is 1. The lowest BCUT2D eigenvalue weighted by atomic mass is 10.2. The van der Waals surface area contributed by atoms with Crippen LogP contribution in [0.3, 0.4) is 0 Å². The average molecular weight is 295 g/mol. The molecule has 0 aliphatic rings. The van der Waals surface area contributed by atoms with E-state index in [0.29, 0.717) is 22.3 Å². The fourth-order valence-corrected chi connectivity index (χ4v) is 2.77. The van der Waals surface area contributed by atoms with Gasteiger partial charge in [0.2, 0.25) is 0 Å². The van der Waals surface area contributed by atoms with Crippen LogP contribution < -0.4 is 5.73 Å². The first kappa shape index (κ1) is 13.9. The standard InChI is InChI=1S/C14H15ClN2OS/c1-2-17(9-10-3-5-11(16)6-4-10)14(18)12-7-8-13(15)19-12/h3-8H,2,9,16H2,1H3. The van der Waals surface area contributed by atoms with Crippen molar-refractivity contribution in [2.45, 2.75) is 13.5 Å². The van der Waals surface area contributed by atoms with Gasteiger partial charge in [-0.25, -0.2) is 0 Å². The van der Waals surface area contributed by atoms with Crippen LogP contribution in [0.4, 0.5) is 5.69 Å². The van der Waals surface area contributed by atoms with Crippen molar-refractivity contribution in [2.24, 2.45) is 0 Å². The molecule has 2 aromatic rings. The van der Waals surface area contributed by atoms with Gasteiger partial charge in [-0.3, -0.25) is 4.79 Å². The predicted octanol–water partition coefficient (Wildman–Crippen LogP) is 3.65. The van der Waals surface area contributed by atoms with Crippen molar-refractivity contribution in [1.29, 1.82) is 0 Å². The van der Waals surface area contributed by atoms with Crippen LogP contribution in [-0.4, -0.2) is 17.4 Å². The average Bonchev–Trinajstić information content (AvgIpc) is 2.84. The molecule has 19 heavy (non-hydrogen) atoms. The molecule has 2 N–H and O–H groups in total. The maximum absolute atomic E-state index is 12.3. The summed E-state index contributed by atoms with van der Waals surface area (Å²) in [5, 5.41) is 0. The second-order valence-corrected chi connectivity index (χ2v) is 5.88. The highest BCUT2D eigenvalue weighted by molar-refractivity contribution is 7.17. The van der Waals surface area contributed by atoms with E-state index in [9.17, 15) is 4.79 Å². The quantitative estimate of drug-likeness (QED) is 0.875. The fourth-order valence-electron chi connectivity index (χ4n) is 1.76. The summed E-state index contributed by atoms with van der Waals surface area (Å²) in [5.41, 5.74) is 7.44. The number of anilines is 1. The van der Waals surface area contributed by atoms with Crippen LogP contribution >= 0.6 is 22.9 Å². The molecule has 0 saturated heterocycles. The molecule has 1 aromatic heterocycles. The van der Waals surface area contributed by atoms with E-state index in [-0.39, 0.29) is 5.91 Å². The van der Waals surface area contributed by atoms with Gasteiger partial charge in [0.05, 0.1) is 9.21 Å². The lowest BCUT2D eigenvalue weighted by Gasteiger charge is -2.20. The molecule has 0 aliphatic heterocycles. The third kappa shape index (κ3) is 3.49. The maximum atomic E-state index is 12.3. The Balaban J connectivity index is 2.11. The van der Waals surface area contributed by atoms with Crippen molar-refractivity contribution in [1.82, 2.24) is 4.90 Å². The Bertz CT molecular complexity index is 565. The van der Waals surface area contributed by atoms with Gasteiger partial charge < -0.3 is 10.6 Å². The van der Waals surface area contributed by atoms with Gasteiger partial charge in [0.1, 0.15) is 0 Å². The van der Waals surface area contributed by atoms with Crippen molar-refractivity contribution in [3.05, 3.63) is 51.2 Å². The summed E-state index contributed by atoms with van der Waals surface area (Å²) in [6, 6.07) is 11.1. The first-order valence-electron chi connectivity index (χ1n) is 5.99. The Labute approximate surface area is 121 Å². The molecule has 0 spiro atoms. The Hall–Kier alpha value is -1.52. The van der Waals surface area contributed by atoms with E-state index in [2.05, 4.69) is 0 Å². The topological polar surface area (TPSA) is 46.3 Å². The van der Waals surface area contributed by atoms with Crippen molar-refractivity contribution in [2.75, 3.05) is 12.3 Å². The molecule has 100 valence electrons. The first-order valence-corrected chi connectivity index (χ1v) is 7.18. The zero-order valence-electron chi connectivity index (χ0n) is 10.6. The summed E-state index contributed by atoms with van der Waals surface area (Å²) in [6.07, 6.45) is 0. The van der Waals surface area contributed by atoms with E-state index < -0.39 is 0 Å². The first-order chi connectivity index (χ1) is 9.10. The normalized spacial score (nSPS) is 10.4. The number of nitrogens with zero attached hydrogens (tertiary/aromatic N) is 1. The van der Waals surface area contributed by atoms with Gasteiger partial charge in [-0.2, -0.15) is 0 Å². The summed E-state index contributed by atoms with van der Waals surface area (Å²) in [7, 11) is 0. The number of rotatable bonds is 4. The Morgan fingerprint density at radius 3 is 2.47 bits per heavy atom. The molecule has 0 atom stereocenters. The molecule has 5 heteroatoms. The number of carbonyl (C=O) groups is 1. The zero-order chi connectivity index (χ0) is 13.8. The maximum Gasteiger partial charge on any atom is 0.264 e. The van der Waals surface area contributed by atoms with E-state index in [1.54, 1.807) is 17.0 Å². The van der Waals surface area contributed by atoms with Crippen LogP contribution in [0.1, 0.15) is 22.2 Å². The van der Waals surface area contributed by atoms with Crippen LogP contribution in [0.25, 0.3) is 0 Å². The van der Waals surface area contributed by atoms with Gasteiger partial charge in [0.15, 0.2) is 0 Å². The summed E-state index contributed by atoms with van der Waals surface area (Å²) in [6.45, 7) is 3.19. The third-order valence-corrected chi connectivity index (χ3v) is 4.03. The van der Waals surface area contributed by atoms with Crippen LogP contribution in [0.5, 0.6) is 0 Å². The summed E-state index contributed by atoms with van der Waals surface area (Å²) in [5.74, 6) is 0.0104. The van der Waals surface area contributed by atoms with Crippen molar-refractivity contribution in [3.8, 4) is 0 Å². The minimum atomic E-state index is 0.0104. The van der Waals surface area contributed by atoms with Crippen molar-refractivity contribution >= 4 is 34.5 Å². The number of halogens is 1. The molecule has 1 heterocycles. The SMILES string of the molecule is CCN(Cc1ccc(N)cc1)C(=O)c1ccc(Cl)s1. The summed E-state index contributed by atoms with van der Waals surface area (Å²) >= 11 is 7.17. The van der Waals surface area contributed by atoms with Gasteiger partial charge in [0.25, 0.3) is 5.91 Å². The Morgan fingerprint density at radius 2 is 1.95 bits per heavy atom. The Morgan fingerprint density at radius 1 is 1.26 bits per heavy atom. The van der Waals surface area contributed by atoms with Gasteiger partial charge in [-0.1, -0.05) is 23.7 Å². The molecule has 0 saturated carbocycles. The van der Waals surface area contributed by atoms with E-state index in [1.165, 1.54) is 11.3 Å². The molecular formula is C14H15ClN2OS. The molecule has 0 aliphatic carbocycles. The number of nitrogens with two attached hydrogens (primary N) is 1. The highest BCUT2D eigenvalue weighted by atomic mass is 35.5. The van der Waals surface area contributed by atoms with Gasteiger partial charge in [0, 0.05) is 18.8 Å². The number of nitrogen functional groups attached to an aromatic ring is 1. The van der Waals surface area contributed by atoms with Crippen molar-refractivity contribution in [3.63, 3.8) is 0 Å². The number of hydrogen-bond acceptors (Lipinski definition) is 3. The monoisotopic (exact) mass is 294 g/mol. The lowest BCUT2D eigenvalue weighted by Crippen LogP contribution is -2.29. The fraction of sp³-hybridized carbons (Fsp3) is 0.214. The molecule has 3 nitrogen and oxygen atoms in total. The van der Waals surface area contributed by atoms with Crippen molar-refractivity contribution < 1.29 is 4.79 Å².